The number of nitrogens with zero attached hydrogens (tertiary/aromatic N) is 5. The van der Waals surface area contributed by atoms with Gasteiger partial charge in [-0.2, -0.15) is 9.14 Å². The molecule has 1 saturated heterocycles. The van der Waals surface area contributed by atoms with E-state index in [0.717, 1.165) is 18.4 Å². The number of hydrogen-bond donors (Lipinski definition) is 3. The van der Waals surface area contributed by atoms with E-state index in [9.17, 15) is 28.1 Å². The van der Waals surface area contributed by atoms with Crippen LogP contribution in [-0.4, -0.2) is 93.1 Å². The molecule has 1 atom stereocenters. The predicted octanol–water partition coefficient (Wildman–Crippen LogP) is 3.50. The molecule has 0 aliphatic carbocycles. The van der Waals surface area contributed by atoms with E-state index < -0.39 is 26.6 Å². The molecule has 16 nitrogen and oxygen atoms in total. The number of fused-ring (bicyclic) bond motifs is 1. The molecule has 1 aliphatic rings. The van der Waals surface area contributed by atoms with Crippen molar-refractivity contribution >= 4 is 21.1 Å². The highest BCUT2D eigenvalue weighted by molar-refractivity contribution is 7.89. The van der Waals surface area contributed by atoms with Crippen LogP contribution < -0.4 is 10.3 Å². The van der Waals surface area contributed by atoms with Crippen LogP contribution in [0.5, 0.6) is 5.75 Å². The number of hydrogen-bond acceptors (Lipinski definition) is 10. The molecule has 0 bridgehead atoms. The molecule has 1 aromatic carbocycles. The average molecular weight is 695 g/mol. The van der Waals surface area contributed by atoms with Gasteiger partial charge in [0.1, 0.15) is 22.0 Å². The highest BCUT2D eigenvalue weighted by Gasteiger charge is 2.42. The van der Waals surface area contributed by atoms with Crippen LogP contribution in [0.3, 0.4) is 0 Å². The van der Waals surface area contributed by atoms with Crippen molar-refractivity contribution in [1.29, 1.82) is 0 Å². The Morgan fingerprint density at radius 2 is 1.75 bits per heavy atom. The molecule has 4 rings (SSSR count). The third-order valence-electron chi connectivity index (χ3n) is 8.72. The fourth-order valence-corrected chi connectivity index (χ4v) is 7.76. The van der Waals surface area contributed by atoms with Crippen molar-refractivity contribution < 1.29 is 43.2 Å². The van der Waals surface area contributed by atoms with E-state index in [1.807, 2.05) is 31.5 Å². The number of rotatable bonds is 18. The van der Waals surface area contributed by atoms with Crippen molar-refractivity contribution in [3.8, 4) is 17.1 Å². The van der Waals surface area contributed by atoms with E-state index in [4.69, 9.17) is 19.8 Å². The highest BCUT2D eigenvalue weighted by atomic mass is 32.2. The van der Waals surface area contributed by atoms with Crippen molar-refractivity contribution in [2.24, 2.45) is 5.92 Å². The molecular weight excluding hydrogens is 648 g/mol. The normalized spacial score (nSPS) is 15.7. The van der Waals surface area contributed by atoms with Gasteiger partial charge in [0.25, 0.3) is 5.56 Å². The summed E-state index contributed by atoms with van der Waals surface area (Å²) in [5.41, 5.74) is 0.525. The Kier molecular flexibility index (Phi) is 12.1. The fraction of sp³-hybridized carbons (Fsp3) is 0.613. The van der Waals surface area contributed by atoms with Gasteiger partial charge >= 0.3 is 5.09 Å². The number of nitrogens with one attached hydrogen (secondary N) is 1. The molecule has 1 aliphatic heterocycles. The van der Waals surface area contributed by atoms with Crippen LogP contribution in [0.1, 0.15) is 64.9 Å². The molecule has 17 heteroatoms. The van der Waals surface area contributed by atoms with Gasteiger partial charge in [-0.25, -0.2) is 23.4 Å². The van der Waals surface area contributed by atoms with Crippen LogP contribution in [0.4, 0.5) is 0 Å². The third kappa shape index (κ3) is 8.30. The minimum atomic E-state index is -4.03. The van der Waals surface area contributed by atoms with Crippen LogP contribution >= 0.6 is 0 Å². The van der Waals surface area contributed by atoms with Crippen molar-refractivity contribution in [3.63, 3.8) is 0 Å². The number of aryl methyl sites for hydroxylation is 2. The lowest BCUT2D eigenvalue weighted by Gasteiger charge is -2.40. The summed E-state index contributed by atoms with van der Waals surface area (Å²) in [5, 5.41) is 19.6. The van der Waals surface area contributed by atoms with Crippen LogP contribution in [0.25, 0.3) is 22.4 Å². The lowest BCUT2D eigenvalue weighted by Crippen LogP contribution is -2.48. The summed E-state index contributed by atoms with van der Waals surface area (Å²) in [7, 11) is -2.86. The van der Waals surface area contributed by atoms with Crippen molar-refractivity contribution in [3.05, 3.63) is 50.1 Å². The van der Waals surface area contributed by atoms with Gasteiger partial charge in [-0.05, 0) is 62.3 Å². The number of sulfonamides is 1. The molecule has 1 unspecified atom stereocenters. The SMILES string of the molecule is CCCOc1ccc(S(=O)(=O)N2CCC(C(O)(CCO[N+](C)=O)CCO[N+](=O)O)CC2)cc1-c1nc2c(CCC)cn(CC)c2c(=O)[nH]1. The van der Waals surface area contributed by atoms with Gasteiger partial charge in [0.2, 0.25) is 22.0 Å². The van der Waals surface area contributed by atoms with Crippen LogP contribution in [0, 0.1) is 15.7 Å². The zero-order valence-corrected chi connectivity index (χ0v) is 28.7. The van der Waals surface area contributed by atoms with Gasteiger partial charge in [0.05, 0.1) is 33.1 Å². The molecule has 3 aromatic rings. The van der Waals surface area contributed by atoms with Crippen molar-refractivity contribution in [2.45, 2.75) is 82.8 Å². The summed E-state index contributed by atoms with van der Waals surface area (Å²) in [6.07, 6.45) is 4.74. The summed E-state index contributed by atoms with van der Waals surface area (Å²) in [6.45, 7) is 6.67. The Morgan fingerprint density at radius 1 is 1.06 bits per heavy atom. The molecule has 1 fully saturated rings. The maximum Gasteiger partial charge on any atom is 0.475 e. The second-order valence-electron chi connectivity index (χ2n) is 11.9. The van der Waals surface area contributed by atoms with Crippen LogP contribution in [0.2, 0.25) is 0 Å². The summed E-state index contributed by atoms with van der Waals surface area (Å²) < 4.78 is 37.1. The van der Waals surface area contributed by atoms with Gasteiger partial charge in [-0.3, -0.25) is 4.79 Å². The first-order chi connectivity index (χ1) is 22.8. The van der Waals surface area contributed by atoms with Gasteiger partial charge in [-0.1, -0.05) is 20.3 Å². The number of aromatic nitrogens is 3. The second-order valence-corrected chi connectivity index (χ2v) is 13.9. The van der Waals surface area contributed by atoms with Crippen molar-refractivity contribution in [2.75, 3.05) is 40.0 Å². The number of benzene rings is 1. The van der Waals surface area contributed by atoms with E-state index in [0.29, 0.717) is 41.9 Å². The maximum absolute atomic E-state index is 14.0. The number of H-pyrrole nitrogens is 1. The molecule has 0 saturated carbocycles. The summed E-state index contributed by atoms with van der Waals surface area (Å²) in [4.78, 5) is 52.8. The van der Waals surface area contributed by atoms with E-state index in [-0.39, 0.29) is 73.2 Å². The molecule has 2 aromatic heterocycles. The quantitative estimate of drug-likeness (QED) is 0.165. The van der Waals surface area contributed by atoms with Gasteiger partial charge in [-0.15, -0.1) is 0 Å². The predicted molar refractivity (Wildman–Crippen MR) is 174 cm³/mol. The Bertz CT molecular complexity index is 1740. The number of ether oxygens (including phenoxy) is 1. The topological polar surface area (TPSA) is 196 Å². The van der Waals surface area contributed by atoms with E-state index in [2.05, 4.69) is 9.82 Å². The Balaban J connectivity index is 1.64. The summed E-state index contributed by atoms with van der Waals surface area (Å²) >= 11 is 0. The average Bonchev–Trinajstić information content (AvgIpc) is 3.41. The molecule has 3 N–H and O–H groups in total. The zero-order valence-electron chi connectivity index (χ0n) is 27.9. The largest absolute Gasteiger partial charge is 0.493 e. The van der Waals surface area contributed by atoms with Crippen LogP contribution in [-0.2, 0) is 32.7 Å². The van der Waals surface area contributed by atoms with Gasteiger partial charge in [0.15, 0.2) is 13.2 Å². The third-order valence-corrected chi connectivity index (χ3v) is 10.6. The van der Waals surface area contributed by atoms with E-state index in [1.165, 1.54) is 23.5 Å². The molecular formula is C31H46N6O10S+2. The maximum atomic E-state index is 14.0. The first-order valence-corrected chi connectivity index (χ1v) is 17.7. The number of aliphatic hydroxyl groups is 1. The zero-order chi connectivity index (χ0) is 35.1. The van der Waals surface area contributed by atoms with Gasteiger partial charge < -0.3 is 19.4 Å². The first-order valence-electron chi connectivity index (χ1n) is 16.3. The lowest BCUT2D eigenvalue weighted by molar-refractivity contribution is -0.975. The number of piperidine rings is 1. The monoisotopic (exact) mass is 694 g/mol. The molecule has 0 radical (unpaired) electrons. The van der Waals surface area contributed by atoms with Crippen molar-refractivity contribution in [1.82, 2.24) is 18.8 Å². The molecule has 48 heavy (non-hydrogen) atoms. The highest BCUT2D eigenvalue weighted by Crippen LogP contribution is 2.37. The summed E-state index contributed by atoms with van der Waals surface area (Å²) in [5.74, 6) is 0.182. The fourth-order valence-electron chi connectivity index (χ4n) is 6.26. The number of aromatic amines is 1. The minimum absolute atomic E-state index is 0.00326. The van der Waals surface area contributed by atoms with Gasteiger partial charge in [0, 0.05) is 38.7 Å². The lowest BCUT2D eigenvalue weighted by atomic mass is 9.77. The smallest absolute Gasteiger partial charge is 0.475 e. The summed E-state index contributed by atoms with van der Waals surface area (Å²) in [6, 6.07) is 4.52. The van der Waals surface area contributed by atoms with E-state index >= 15 is 0 Å². The molecule has 3 heterocycles. The molecule has 0 spiro atoms. The molecule has 264 valence electrons. The first kappa shape index (κ1) is 36.7. The van der Waals surface area contributed by atoms with E-state index in [1.54, 1.807) is 6.07 Å². The second kappa shape index (κ2) is 15.9. The Hall–Kier alpha value is -4.09. The van der Waals surface area contributed by atoms with Crippen LogP contribution in [0.15, 0.2) is 34.1 Å². The Morgan fingerprint density at radius 3 is 2.35 bits per heavy atom. The standard InChI is InChI=1S/C31H45N6O10S/c1-5-8-22-21-35(7-3)28-27(22)32-29(33-30(28)38)25-20-24(9-10-26(25)45-17-6-2)48(43,44)36-15-11-23(12-16-36)31(39,13-18-46-34(4)40)14-19-47-37(41)42/h9-10,20-21,23,39H,5-8,11-19H2,1-4H3,(H-,32,33,38,41,42)/q+1/p+1. The Labute approximate surface area is 278 Å². The molecule has 0 amide bonds. The minimum Gasteiger partial charge on any atom is -0.493 e.